The van der Waals surface area contributed by atoms with Crippen LogP contribution in [0, 0.1) is 6.92 Å². The van der Waals surface area contributed by atoms with Crippen molar-refractivity contribution in [3.63, 3.8) is 0 Å². The highest BCUT2D eigenvalue weighted by atomic mass is 16.5. The van der Waals surface area contributed by atoms with Crippen molar-refractivity contribution < 1.29 is 14.3 Å². The zero-order chi connectivity index (χ0) is 12.4. The van der Waals surface area contributed by atoms with E-state index in [9.17, 15) is 4.79 Å². The van der Waals surface area contributed by atoms with Gasteiger partial charge in [0, 0.05) is 19.2 Å². The van der Waals surface area contributed by atoms with Gasteiger partial charge < -0.3 is 9.47 Å². The molecular formula is C13H17NO3. The van der Waals surface area contributed by atoms with Gasteiger partial charge in [-0.2, -0.15) is 0 Å². The van der Waals surface area contributed by atoms with E-state index in [0.29, 0.717) is 6.42 Å². The van der Waals surface area contributed by atoms with Crippen molar-refractivity contribution in [2.45, 2.75) is 38.9 Å². The molecule has 2 unspecified atom stereocenters. The summed E-state index contributed by atoms with van der Waals surface area (Å²) in [5, 5.41) is 0. The number of aryl methyl sites for hydroxylation is 2. The lowest BCUT2D eigenvalue weighted by atomic mass is 9.90. The lowest BCUT2D eigenvalue weighted by Gasteiger charge is -2.34. The van der Waals surface area contributed by atoms with Crippen LogP contribution >= 0.6 is 0 Å². The minimum absolute atomic E-state index is 0.107. The molecule has 1 aliphatic rings. The number of nitrogens with zero attached hydrogens (tertiary/aromatic N) is 1. The lowest BCUT2D eigenvalue weighted by Crippen LogP contribution is -2.51. The Labute approximate surface area is 101 Å². The Morgan fingerprint density at radius 2 is 2.24 bits per heavy atom. The second-order valence-corrected chi connectivity index (χ2v) is 4.23. The van der Waals surface area contributed by atoms with Crippen LogP contribution in [-0.2, 0) is 16.0 Å². The normalized spacial score (nSPS) is 23.4. The minimum atomic E-state index is -0.416. The molecule has 0 aromatic carbocycles. The Morgan fingerprint density at radius 1 is 1.47 bits per heavy atom. The first-order valence-electron chi connectivity index (χ1n) is 5.84. The zero-order valence-corrected chi connectivity index (χ0v) is 10.4. The maximum atomic E-state index is 11.3. The van der Waals surface area contributed by atoms with Crippen LogP contribution in [0.15, 0.2) is 12.1 Å². The third kappa shape index (κ3) is 2.31. The van der Waals surface area contributed by atoms with Crippen LogP contribution in [0.2, 0.25) is 0 Å². The smallest absolute Gasteiger partial charge is 0.169 e. The van der Waals surface area contributed by atoms with Crippen LogP contribution in [0.25, 0.3) is 0 Å². The summed E-state index contributed by atoms with van der Waals surface area (Å²) < 4.78 is 10.9. The molecule has 1 fully saturated rings. The number of ether oxygens (including phenoxy) is 2. The fourth-order valence-electron chi connectivity index (χ4n) is 1.98. The average Bonchev–Trinajstić information content (AvgIpc) is 2.30. The van der Waals surface area contributed by atoms with Crippen molar-refractivity contribution in [1.29, 1.82) is 0 Å². The standard InChI is InChI=1S/C13H17NO3/c1-4-9-11(6-5-8(2)14-9)17-12-7-10(15)13(12)16-3/h5-6,12-13H,4,7H2,1-3H3. The van der Waals surface area contributed by atoms with Gasteiger partial charge in [-0.3, -0.25) is 9.78 Å². The van der Waals surface area contributed by atoms with Gasteiger partial charge in [-0.05, 0) is 25.5 Å². The summed E-state index contributed by atoms with van der Waals surface area (Å²) in [7, 11) is 1.53. The molecule has 1 aromatic heterocycles. The van der Waals surface area contributed by atoms with Gasteiger partial charge >= 0.3 is 0 Å². The van der Waals surface area contributed by atoms with E-state index in [1.165, 1.54) is 7.11 Å². The summed E-state index contributed by atoms with van der Waals surface area (Å²) in [6.07, 6.45) is 0.661. The second kappa shape index (κ2) is 4.84. The van der Waals surface area contributed by atoms with Gasteiger partial charge in [0.05, 0.1) is 5.69 Å². The molecule has 0 amide bonds. The summed E-state index contributed by atoms with van der Waals surface area (Å²) in [6, 6.07) is 3.83. The Balaban J connectivity index is 2.11. The largest absolute Gasteiger partial charge is 0.485 e. The first kappa shape index (κ1) is 12.0. The number of methoxy groups -OCH3 is 1. The highest BCUT2D eigenvalue weighted by molar-refractivity contribution is 5.90. The number of hydrogen-bond donors (Lipinski definition) is 0. The molecule has 4 heteroatoms. The number of ketones is 1. The average molecular weight is 235 g/mol. The van der Waals surface area contributed by atoms with E-state index >= 15 is 0 Å². The van der Waals surface area contributed by atoms with E-state index in [1.54, 1.807) is 0 Å². The summed E-state index contributed by atoms with van der Waals surface area (Å²) in [5.74, 6) is 0.869. The first-order valence-corrected chi connectivity index (χ1v) is 5.84. The highest BCUT2D eigenvalue weighted by Crippen LogP contribution is 2.27. The molecule has 17 heavy (non-hydrogen) atoms. The molecule has 0 radical (unpaired) electrons. The third-order valence-corrected chi connectivity index (χ3v) is 3.00. The summed E-state index contributed by atoms with van der Waals surface area (Å²) in [4.78, 5) is 15.7. The Hall–Kier alpha value is -1.42. The number of hydrogen-bond acceptors (Lipinski definition) is 4. The van der Waals surface area contributed by atoms with E-state index < -0.39 is 6.10 Å². The molecule has 4 nitrogen and oxygen atoms in total. The van der Waals surface area contributed by atoms with Crippen LogP contribution in [0.4, 0.5) is 0 Å². The summed E-state index contributed by atoms with van der Waals surface area (Å²) in [5.41, 5.74) is 1.90. The SMILES string of the molecule is CCc1nc(C)ccc1OC1CC(=O)C1OC. The number of carbonyl (C=O) groups is 1. The predicted molar refractivity (Wildman–Crippen MR) is 63.2 cm³/mol. The van der Waals surface area contributed by atoms with Gasteiger partial charge in [0.2, 0.25) is 0 Å². The molecule has 0 saturated heterocycles. The molecule has 1 aromatic rings. The Kier molecular flexibility index (Phi) is 3.43. The molecule has 92 valence electrons. The molecule has 2 rings (SSSR count). The topological polar surface area (TPSA) is 48.4 Å². The Bertz CT molecular complexity index is 431. The van der Waals surface area contributed by atoms with Gasteiger partial charge in [0.1, 0.15) is 11.9 Å². The van der Waals surface area contributed by atoms with Crippen molar-refractivity contribution in [3.8, 4) is 5.75 Å². The lowest BCUT2D eigenvalue weighted by molar-refractivity contribution is -0.151. The van der Waals surface area contributed by atoms with Gasteiger partial charge in [-0.25, -0.2) is 0 Å². The van der Waals surface area contributed by atoms with Gasteiger partial charge in [0.15, 0.2) is 11.9 Å². The van der Waals surface area contributed by atoms with E-state index in [2.05, 4.69) is 4.98 Å². The van der Waals surface area contributed by atoms with E-state index in [4.69, 9.17) is 9.47 Å². The molecule has 1 heterocycles. The molecule has 1 aliphatic carbocycles. The van der Waals surface area contributed by atoms with Crippen LogP contribution in [-0.4, -0.2) is 30.1 Å². The second-order valence-electron chi connectivity index (χ2n) is 4.23. The van der Waals surface area contributed by atoms with Crippen LogP contribution in [0.3, 0.4) is 0 Å². The van der Waals surface area contributed by atoms with Gasteiger partial charge in [-0.1, -0.05) is 6.92 Å². The van der Waals surface area contributed by atoms with Crippen molar-refractivity contribution in [2.24, 2.45) is 0 Å². The van der Waals surface area contributed by atoms with Crippen molar-refractivity contribution in [1.82, 2.24) is 4.98 Å². The fraction of sp³-hybridized carbons (Fsp3) is 0.538. The maximum Gasteiger partial charge on any atom is 0.169 e. The monoisotopic (exact) mass is 235 g/mol. The van der Waals surface area contributed by atoms with Gasteiger partial charge in [-0.15, -0.1) is 0 Å². The third-order valence-electron chi connectivity index (χ3n) is 3.00. The number of rotatable bonds is 4. The highest BCUT2D eigenvalue weighted by Gasteiger charge is 2.42. The van der Waals surface area contributed by atoms with E-state index in [-0.39, 0.29) is 11.9 Å². The van der Waals surface area contributed by atoms with Crippen LogP contribution < -0.4 is 4.74 Å². The van der Waals surface area contributed by atoms with Crippen molar-refractivity contribution in [2.75, 3.05) is 7.11 Å². The zero-order valence-electron chi connectivity index (χ0n) is 10.4. The van der Waals surface area contributed by atoms with E-state index in [1.807, 2.05) is 26.0 Å². The number of Topliss-reactive ketones (excluding diaryl/α,β-unsaturated/α-hetero) is 1. The first-order chi connectivity index (χ1) is 8.15. The number of pyridine rings is 1. The number of aromatic nitrogens is 1. The molecule has 2 atom stereocenters. The summed E-state index contributed by atoms with van der Waals surface area (Å²) >= 11 is 0. The molecular weight excluding hydrogens is 218 g/mol. The fourth-order valence-corrected chi connectivity index (χ4v) is 1.98. The van der Waals surface area contributed by atoms with Crippen molar-refractivity contribution >= 4 is 5.78 Å². The van der Waals surface area contributed by atoms with Crippen LogP contribution in [0.5, 0.6) is 5.75 Å². The number of carbonyl (C=O) groups excluding carboxylic acids is 1. The van der Waals surface area contributed by atoms with Gasteiger partial charge in [0.25, 0.3) is 0 Å². The van der Waals surface area contributed by atoms with E-state index in [0.717, 1.165) is 23.6 Å². The Morgan fingerprint density at radius 3 is 2.82 bits per heavy atom. The van der Waals surface area contributed by atoms with Crippen molar-refractivity contribution in [3.05, 3.63) is 23.5 Å². The predicted octanol–water partition coefficient (Wildman–Crippen LogP) is 1.69. The molecule has 0 bridgehead atoms. The maximum absolute atomic E-state index is 11.3. The van der Waals surface area contributed by atoms with Crippen LogP contribution in [0.1, 0.15) is 24.7 Å². The molecule has 0 aliphatic heterocycles. The molecule has 0 spiro atoms. The molecule has 1 saturated carbocycles. The minimum Gasteiger partial charge on any atom is -0.485 e. The quantitative estimate of drug-likeness (QED) is 0.796. The molecule has 0 N–H and O–H groups in total. The summed E-state index contributed by atoms with van der Waals surface area (Å²) in [6.45, 7) is 3.99.